The van der Waals surface area contributed by atoms with Crippen molar-refractivity contribution in [3.05, 3.63) is 60.7 Å². The second kappa shape index (κ2) is 5.49. The normalized spacial score (nSPS) is 10.8. The molecule has 0 spiro atoms. The predicted octanol–water partition coefficient (Wildman–Crippen LogP) is 2.47. The zero-order valence-corrected chi connectivity index (χ0v) is 10.8. The molecule has 2 aromatic rings. The highest BCUT2D eigenvalue weighted by molar-refractivity contribution is 6.37. The lowest BCUT2D eigenvalue weighted by Crippen LogP contribution is -2.23. The first-order chi connectivity index (χ1) is 7.92. The van der Waals surface area contributed by atoms with E-state index in [4.69, 9.17) is 4.43 Å². The van der Waals surface area contributed by atoms with Crippen LogP contribution in [0, 0.1) is 0 Å². The average Bonchev–Trinajstić information content (AvgIpc) is 2.38. The van der Waals surface area contributed by atoms with Gasteiger partial charge in [0.15, 0.2) is 0 Å². The van der Waals surface area contributed by atoms with Crippen molar-refractivity contribution < 1.29 is 4.43 Å². The van der Waals surface area contributed by atoms with Crippen LogP contribution >= 0.6 is 0 Å². The molecule has 82 valence electrons. The predicted molar refractivity (Wildman–Crippen MR) is 70.6 cm³/mol. The fraction of sp³-hybridized carbons (Fsp3) is 0.0769. The SMILES string of the molecule is CO[SiH2]N(c1ccccc1)c1ccccc1. The average molecular weight is 229 g/mol. The summed E-state index contributed by atoms with van der Waals surface area (Å²) in [5, 5.41) is 0. The van der Waals surface area contributed by atoms with Gasteiger partial charge >= 0.3 is 0 Å². The Hall–Kier alpha value is -1.58. The fourth-order valence-corrected chi connectivity index (χ4v) is 2.62. The zero-order valence-electron chi connectivity index (χ0n) is 9.34. The van der Waals surface area contributed by atoms with Gasteiger partial charge in [0.25, 0.3) is 9.92 Å². The minimum absolute atomic E-state index is 0.728. The third kappa shape index (κ3) is 2.51. The van der Waals surface area contributed by atoms with Crippen LogP contribution in [0.4, 0.5) is 11.4 Å². The molecule has 0 bridgehead atoms. The van der Waals surface area contributed by atoms with E-state index in [1.165, 1.54) is 11.4 Å². The largest absolute Gasteiger partial charge is 0.406 e. The number of hydrogen-bond donors (Lipinski definition) is 0. The van der Waals surface area contributed by atoms with E-state index in [2.05, 4.69) is 53.1 Å². The summed E-state index contributed by atoms with van der Waals surface area (Å²) in [6.07, 6.45) is 0. The molecule has 2 nitrogen and oxygen atoms in total. The number of rotatable bonds is 4. The summed E-state index contributed by atoms with van der Waals surface area (Å²) in [4.78, 5) is 0. The van der Waals surface area contributed by atoms with E-state index in [1.54, 1.807) is 7.11 Å². The Morgan fingerprint density at radius 3 is 1.62 bits per heavy atom. The van der Waals surface area contributed by atoms with Crippen molar-refractivity contribution in [3.8, 4) is 0 Å². The second-order valence-electron chi connectivity index (χ2n) is 3.52. The molecule has 0 amide bonds. The van der Waals surface area contributed by atoms with Crippen LogP contribution in [0.25, 0.3) is 0 Å². The van der Waals surface area contributed by atoms with Crippen molar-refractivity contribution in [2.75, 3.05) is 11.7 Å². The van der Waals surface area contributed by atoms with E-state index in [1.807, 2.05) is 12.1 Å². The first kappa shape index (κ1) is 10.9. The first-order valence-electron chi connectivity index (χ1n) is 5.28. The molecule has 0 N–H and O–H groups in total. The molecule has 0 fully saturated rings. The molecule has 0 radical (unpaired) electrons. The summed E-state index contributed by atoms with van der Waals surface area (Å²) in [6, 6.07) is 20.7. The van der Waals surface area contributed by atoms with Crippen molar-refractivity contribution in [3.63, 3.8) is 0 Å². The van der Waals surface area contributed by atoms with Gasteiger partial charge in [-0.2, -0.15) is 0 Å². The molecular formula is C13H15NOSi. The molecule has 0 saturated heterocycles. The van der Waals surface area contributed by atoms with Gasteiger partial charge in [-0.1, -0.05) is 36.4 Å². The topological polar surface area (TPSA) is 12.5 Å². The molecule has 16 heavy (non-hydrogen) atoms. The molecule has 0 aromatic heterocycles. The molecule has 2 rings (SSSR count). The summed E-state index contributed by atoms with van der Waals surface area (Å²) in [7, 11) is 1.04. The van der Waals surface area contributed by atoms with E-state index in [0.717, 1.165) is 0 Å². The van der Waals surface area contributed by atoms with Crippen LogP contribution in [0.15, 0.2) is 60.7 Å². The Labute approximate surface area is 98.5 Å². The van der Waals surface area contributed by atoms with Crippen molar-refractivity contribution in [1.29, 1.82) is 0 Å². The van der Waals surface area contributed by atoms with Crippen LogP contribution in [-0.4, -0.2) is 17.0 Å². The molecular weight excluding hydrogens is 214 g/mol. The first-order valence-corrected chi connectivity index (χ1v) is 6.49. The van der Waals surface area contributed by atoms with Gasteiger partial charge in [-0.3, -0.25) is 0 Å². The van der Waals surface area contributed by atoms with Gasteiger partial charge in [-0.05, 0) is 24.3 Å². The fourth-order valence-electron chi connectivity index (χ4n) is 1.64. The van der Waals surface area contributed by atoms with E-state index < -0.39 is 9.92 Å². The van der Waals surface area contributed by atoms with Crippen LogP contribution in [0.3, 0.4) is 0 Å². The number of para-hydroxylation sites is 2. The van der Waals surface area contributed by atoms with E-state index >= 15 is 0 Å². The van der Waals surface area contributed by atoms with Gasteiger partial charge in [0.2, 0.25) is 0 Å². The molecule has 0 atom stereocenters. The summed E-state index contributed by atoms with van der Waals surface area (Å²) in [5.41, 5.74) is 2.39. The monoisotopic (exact) mass is 229 g/mol. The summed E-state index contributed by atoms with van der Waals surface area (Å²) in [6.45, 7) is 0. The highest BCUT2D eigenvalue weighted by Crippen LogP contribution is 2.23. The second-order valence-corrected chi connectivity index (χ2v) is 4.98. The van der Waals surface area contributed by atoms with E-state index in [-0.39, 0.29) is 0 Å². The highest BCUT2D eigenvalue weighted by Gasteiger charge is 2.07. The van der Waals surface area contributed by atoms with Crippen molar-refractivity contribution in [2.45, 2.75) is 0 Å². The minimum atomic E-state index is -0.728. The van der Waals surface area contributed by atoms with Gasteiger partial charge < -0.3 is 8.99 Å². The third-order valence-corrected chi connectivity index (χ3v) is 3.64. The van der Waals surface area contributed by atoms with Crippen LogP contribution < -0.4 is 4.57 Å². The maximum atomic E-state index is 5.38. The Morgan fingerprint density at radius 2 is 1.25 bits per heavy atom. The number of hydrogen-bond acceptors (Lipinski definition) is 2. The number of anilines is 2. The van der Waals surface area contributed by atoms with Crippen LogP contribution in [-0.2, 0) is 4.43 Å². The Morgan fingerprint density at radius 1 is 0.812 bits per heavy atom. The van der Waals surface area contributed by atoms with Crippen LogP contribution in [0.5, 0.6) is 0 Å². The minimum Gasteiger partial charge on any atom is -0.406 e. The summed E-state index contributed by atoms with van der Waals surface area (Å²) < 4.78 is 7.64. The van der Waals surface area contributed by atoms with Gasteiger partial charge in [0.05, 0.1) is 0 Å². The zero-order chi connectivity index (χ0) is 11.2. The van der Waals surface area contributed by atoms with E-state index in [0.29, 0.717) is 0 Å². The molecule has 0 aliphatic heterocycles. The van der Waals surface area contributed by atoms with Gasteiger partial charge in [0, 0.05) is 18.5 Å². The van der Waals surface area contributed by atoms with Crippen molar-refractivity contribution in [1.82, 2.24) is 0 Å². The summed E-state index contributed by atoms with van der Waals surface area (Å²) >= 11 is 0. The van der Waals surface area contributed by atoms with Crippen molar-refractivity contribution >= 4 is 21.3 Å². The quantitative estimate of drug-likeness (QED) is 0.747. The van der Waals surface area contributed by atoms with Crippen LogP contribution in [0.2, 0.25) is 0 Å². The van der Waals surface area contributed by atoms with E-state index in [9.17, 15) is 0 Å². The lowest BCUT2D eigenvalue weighted by atomic mass is 10.3. The Balaban J connectivity index is 2.31. The lowest BCUT2D eigenvalue weighted by molar-refractivity contribution is 0.442. The molecule has 0 unspecified atom stereocenters. The maximum Gasteiger partial charge on any atom is 0.271 e. The van der Waals surface area contributed by atoms with Gasteiger partial charge in [-0.15, -0.1) is 0 Å². The Kier molecular flexibility index (Phi) is 3.74. The van der Waals surface area contributed by atoms with Crippen LogP contribution in [0.1, 0.15) is 0 Å². The third-order valence-electron chi connectivity index (χ3n) is 2.39. The van der Waals surface area contributed by atoms with Gasteiger partial charge in [0.1, 0.15) is 0 Å². The standard InChI is InChI=1S/C13H15NOSi/c1-15-16-14(12-8-4-2-5-9-12)13-10-6-3-7-11-13/h2-11H,16H2,1H3. The smallest absolute Gasteiger partial charge is 0.271 e. The molecule has 3 heteroatoms. The number of benzene rings is 2. The molecule has 0 aliphatic rings. The molecule has 0 saturated carbocycles. The van der Waals surface area contributed by atoms with Gasteiger partial charge in [-0.25, -0.2) is 0 Å². The maximum absolute atomic E-state index is 5.38. The molecule has 0 heterocycles. The Bertz CT molecular complexity index is 379. The summed E-state index contributed by atoms with van der Waals surface area (Å²) in [5.74, 6) is 0. The van der Waals surface area contributed by atoms with Crippen molar-refractivity contribution in [2.24, 2.45) is 0 Å². The highest BCUT2D eigenvalue weighted by atomic mass is 28.2. The number of nitrogens with zero attached hydrogens (tertiary/aromatic N) is 1. The lowest BCUT2D eigenvalue weighted by Gasteiger charge is -2.23. The molecule has 0 aliphatic carbocycles. The molecule has 2 aromatic carbocycles.